The minimum Gasteiger partial charge on any atom is -0.481 e. The number of nitrogens with zero attached hydrogens (tertiary/aromatic N) is 3. The quantitative estimate of drug-likeness (QED) is 0.00821. The normalized spacial score (nSPS) is 16.3. The molecule has 6 rings (SSSR count). The van der Waals surface area contributed by atoms with Crippen LogP contribution < -0.4 is 36.8 Å². The number of hydrogen-bond acceptors (Lipinski definition) is 25. The predicted molar refractivity (Wildman–Crippen MR) is 538 cm³/mol. The van der Waals surface area contributed by atoms with Gasteiger partial charge in [0.1, 0.15) is 30.8 Å². The molecule has 3 aliphatic heterocycles. The Morgan fingerprint density at radius 3 is 1.64 bits per heavy atom. The van der Waals surface area contributed by atoms with Gasteiger partial charge in [-0.25, -0.2) is 0 Å². The van der Waals surface area contributed by atoms with Gasteiger partial charge in [0, 0.05) is 173 Å². The number of ether oxygens (including phenoxy) is 1. The number of aliphatic carboxylic acids is 5. The molecule has 1 fully saturated rings. The van der Waals surface area contributed by atoms with Crippen molar-refractivity contribution in [1.29, 1.82) is 0 Å². The van der Waals surface area contributed by atoms with Crippen LogP contribution in [0.3, 0.4) is 0 Å². The second-order valence-corrected chi connectivity index (χ2v) is 41.1. The van der Waals surface area contributed by atoms with E-state index in [9.17, 15) is 134 Å². The van der Waals surface area contributed by atoms with Crippen molar-refractivity contribution >= 4 is 156 Å². The van der Waals surface area contributed by atoms with Crippen molar-refractivity contribution in [3.05, 3.63) is 137 Å². The van der Waals surface area contributed by atoms with Crippen molar-refractivity contribution in [2.24, 2.45) is 29.6 Å². The van der Waals surface area contributed by atoms with E-state index in [4.69, 9.17) is 4.74 Å². The smallest absolute Gasteiger partial charge is 0.303 e. The summed E-state index contributed by atoms with van der Waals surface area (Å²) in [7, 11) is -4.60. The molecule has 0 bridgehead atoms. The molecule has 145 heavy (non-hydrogen) atoms. The summed E-state index contributed by atoms with van der Waals surface area (Å²) in [5.74, 6) is -23.4. The minimum absolute atomic E-state index is 0.0815. The lowest BCUT2D eigenvalue weighted by Gasteiger charge is -2.27. The first-order chi connectivity index (χ1) is 68.3. The molecule has 3 aliphatic rings. The number of carboxylic acid groups (broad SMARTS) is 5. The molecule has 1 saturated heterocycles. The molecule has 12 N–H and O–H groups in total. The Bertz CT molecular complexity index is 5520. The average Bonchev–Trinajstić information content (AvgIpc) is 1.60. The van der Waals surface area contributed by atoms with Gasteiger partial charge in [0.2, 0.25) is 47.0 Å². The number of rotatable bonds is 68. The third kappa shape index (κ3) is 39.0. The number of likely N-dealkylation sites (tertiary alicyclic amines) is 1. The van der Waals surface area contributed by atoms with E-state index < -0.39 is 271 Å². The Morgan fingerprint density at radius 2 is 1.10 bits per heavy atom. The molecule has 0 saturated carbocycles. The third-order valence-electron chi connectivity index (χ3n) is 26.0. The maximum atomic E-state index is 14.7. The van der Waals surface area contributed by atoms with Crippen molar-refractivity contribution in [3.8, 4) is 0 Å². The second kappa shape index (κ2) is 58.5. The van der Waals surface area contributed by atoms with Crippen LogP contribution in [0.2, 0.25) is 0 Å². The van der Waals surface area contributed by atoms with Crippen molar-refractivity contribution < 1.29 is 144 Å². The van der Waals surface area contributed by atoms with Crippen molar-refractivity contribution in [2.45, 2.75) is 295 Å². The van der Waals surface area contributed by atoms with Crippen LogP contribution >= 0.6 is 11.8 Å². The van der Waals surface area contributed by atoms with E-state index in [0.717, 1.165) is 18.0 Å². The summed E-state index contributed by atoms with van der Waals surface area (Å²) < 4.78 is 43.0. The highest BCUT2D eigenvalue weighted by Crippen LogP contribution is 2.49. The molecule has 0 spiro atoms. The molecule has 3 aromatic rings. The molecule has 40 heteroatoms. The second-order valence-electron chi connectivity index (χ2n) is 38.8. The number of ketones is 8. The molecule has 0 aromatic heterocycles. The zero-order valence-electron chi connectivity index (χ0n) is 84.7. The Kier molecular flexibility index (Phi) is 48.8. The van der Waals surface area contributed by atoms with Crippen LogP contribution in [0, 0.1) is 36.5 Å². The van der Waals surface area contributed by atoms with Crippen LogP contribution in [0.5, 0.6) is 0 Å². The van der Waals surface area contributed by atoms with Gasteiger partial charge in [-0.1, -0.05) is 107 Å². The lowest BCUT2D eigenvalue weighted by atomic mass is 9.81. The molecular formula is C105H142N9O29S2+. The topological polar surface area (TPSA) is 588 Å². The van der Waals surface area contributed by atoms with Gasteiger partial charge in [0.25, 0.3) is 10.1 Å². The lowest BCUT2D eigenvalue weighted by molar-refractivity contribution is -0.433. The molecule has 0 aliphatic carbocycles. The maximum Gasteiger partial charge on any atom is 0.303 e. The summed E-state index contributed by atoms with van der Waals surface area (Å²) in [6, 6.07) is 8.56. The monoisotopic (exact) mass is 2060 g/mol. The summed E-state index contributed by atoms with van der Waals surface area (Å²) in [4.78, 5) is 269. The first-order valence-electron chi connectivity index (χ1n) is 49.1. The number of amides is 7. The number of fused-ring (bicyclic) bond motifs is 2. The number of aryl methyl sites for hydroxylation is 1. The molecule has 7 amide bonds. The van der Waals surface area contributed by atoms with Gasteiger partial charge in [-0.3, -0.25) is 100 Å². The fourth-order valence-electron chi connectivity index (χ4n) is 17.9. The Balaban J connectivity index is 1.11. The number of hydrogen-bond donors (Lipinski definition) is 12. The zero-order valence-corrected chi connectivity index (χ0v) is 86.4. The van der Waals surface area contributed by atoms with E-state index >= 15 is 0 Å². The maximum absolute atomic E-state index is 14.7. The number of carboxylic acids is 5. The number of allylic oxidation sites excluding steroid dienone is 8. The summed E-state index contributed by atoms with van der Waals surface area (Å²) >= 11 is 1.27. The van der Waals surface area contributed by atoms with E-state index in [-0.39, 0.29) is 123 Å². The SMILES string of the molecule is CC[N+]1=C(/C=C/C=C/C=C/C=C2/N(CCCCCC(=O)C[C@H](CCC(=O)O)C(=O)N[C@H](CCC(=O)O)C(=O)C[C@H](CCC(=O)O)C(=O)N[C@H](CCC(=O)O)C(=O)C[C@H](CCC(=O)O)C(=O)N[C@@H](Cc3ccc(C(C)=O)cc3)C(=O)CCCOCC(=O)N3CCC[C@H]3C(=O)N[C@@H](CC(C)C)C(=O)CCC(=O)N[C@@H](CSC)C(=O)C[C@@H](C)C(=O)NCC(C)=O)c3ccc(S(=O)(=O)O)cc3C2(C)C)C(C)(C)c2cc(C)ccc21. The van der Waals surface area contributed by atoms with Crippen LogP contribution in [-0.2, 0) is 123 Å². The van der Waals surface area contributed by atoms with Crippen molar-refractivity contribution in [2.75, 3.05) is 56.3 Å². The first-order valence-corrected chi connectivity index (χ1v) is 52.0. The van der Waals surface area contributed by atoms with E-state index in [1.165, 1.54) is 90.6 Å². The first kappa shape index (κ1) is 121. The number of unbranched alkanes of at least 4 members (excludes halogenated alkanes) is 2. The average molecular weight is 2060 g/mol. The summed E-state index contributed by atoms with van der Waals surface area (Å²) in [5.41, 5.74) is 6.52. The Hall–Kier alpha value is -12.7. The molecule has 10 atom stereocenters. The third-order valence-corrected chi connectivity index (χ3v) is 27.5. The summed E-state index contributed by atoms with van der Waals surface area (Å²) in [6.45, 7) is 20.5. The van der Waals surface area contributed by atoms with E-state index in [1.54, 1.807) is 12.3 Å². The number of carbonyl (C=O) groups is 20. The number of carbonyl (C=O) groups excluding carboxylic acids is 15. The highest BCUT2D eigenvalue weighted by Gasteiger charge is 2.46. The summed E-state index contributed by atoms with van der Waals surface area (Å²) in [5, 5.41) is 64.7. The van der Waals surface area contributed by atoms with Gasteiger partial charge in [-0.15, -0.1) is 0 Å². The highest BCUT2D eigenvalue weighted by atomic mass is 32.2. The van der Waals surface area contributed by atoms with Crippen LogP contribution in [0.25, 0.3) is 0 Å². The van der Waals surface area contributed by atoms with Gasteiger partial charge >= 0.3 is 29.8 Å². The molecule has 0 radical (unpaired) electrons. The number of Topliss-reactive ketones (excluding diaryl/α,β-unsaturated/α-hetero) is 8. The molecule has 792 valence electrons. The van der Waals surface area contributed by atoms with Gasteiger partial charge in [0.05, 0.1) is 47.1 Å². The van der Waals surface area contributed by atoms with Crippen molar-refractivity contribution in [1.82, 2.24) is 36.8 Å². The number of thioether (sulfide) groups is 1. The Morgan fingerprint density at radius 1 is 0.552 bits per heavy atom. The van der Waals surface area contributed by atoms with Crippen LogP contribution in [-0.4, -0.2) is 259 Å². The van der Waals surface area contributed by atoms with Crippen LogP contribution in [0.4, 0.5) is 11.4 Å². The molecule has 38 nitrogen and oxygen atoms in total. The van der Waals surface area contributed by atoms with E-state index in [0.29, 0.717) is 42.6 Å². The predicted octanol–water partition coefficient (Wildman–Crippen LogP) is 9.88. The van der Waals surface area contributed by atoms with Crippen LogP contribution in [0.15, 0.2) is 114 Å². The largest absolute Gasteiger partial charge is 0.481 e. The number of anilines is 1. The molecule has 3 heterocycles. The number of benzene rings is 3. The fourth-order valence-corrected chi connectivity index (χ4v) is 19.1. The Labute approximate surface area is 850 Å². The fraction of sp³-hybridized carbons (Fsp3) is 0.552. The number of nitrogens with one attached hydrogen (secondary N) is 6. The minimum atomic E-state index is -4.60. The van der Waals surface area contributed by atoms with Gasteiger partial charge in [0.15, 0.2) is 40.4 Å². The summed E-state index contributed by atoms with van der Waals surface area (Å²) in [6.07, 6.45) is 6.09. The molecular weight excluding hydrogens is 1920 g/mol. The van der Waals surface area contributed by atoms with Gasteiger partial charge in [-0.05, 0) is 172 Å². The molecule has 3 aromatic carbocycles. The lowest BCUT2D eigenvalue weighted by Crippen LogP contribution is -2.52. The van der Waals surface area contributed by atoms with Crippen LogP contribution in [0.1, 0.15) is 262 Å². The zero-order chi connectivity index (χ0) is 108. The van der Waals surface area contributed by atoms with Gasteiger partial charge in [-0.2, -0.15) is 24.8 Å². The highest BCUT2D eigenvalue weighted by molar-refractivity contribution is 7.98. The van der Waals surface area contributed by atoms with E-state index in [1.807, 2.05) is 69.1 Å². The van der Waals surface area contributed by atoms with Crippen molar-refractivity contribution in [3.63, 3.8) is 0 Å². The van der Waals surface area contributed by atoms with Gasteiger partial charge < -0.3 is 72.0 Å². The van der Waals surface area contributed by atoms with E-state index in [2.05, 4.69) is 88.4 Å². The molecule has 0 unspecified atom stereocenters. The standard InChI is InChI=1S/C105H141N9O29S2/c1-13-112-82-40-29-64(4)53-75(82)104(8,9)90(112)27-19-15-14-16-20-28-91-105(10,11)76-59-74(145(140,141)142)37-41-83(76)113(91)49-21-17-18-24-73(117)56-70(34-44-94(125)126)100(136)108-77(38-47-97(131)132)88(121)57-71(35-45-95(127)128)101(137)109-78(39-48-98(133)134)89(122)58-72(36-46-96(129)130)102(138)110-80(55-68-30-32-69(33-31-68)67(7)116)85(118)26-23-51-143-61-93(124)114-50-22-25-84(114)103(139)111-79(52-63(2)3)86(119)42-43-92(123)107-81(62-144-12)87(120)54-65(5)99(135)106-60-66(6)115/h14-16,19-20,27-33,37,40-41,53,59,63,65,70-72,77-81,84H,13,17-18,21-26,34-36,38-39,42-52,54-58,60-62H2,1-12H3,(H11-,106,107,108,109,110,111,123,125,126,127,128,129,130,131,132,133,134,135,136,137,138,139,140,141,142)/p+1/t65-,70+,71+,72+,77-,78-,79+,80+,81+,84+/m1/s1.